The van der Waals surface area contributed by atoms with E-state index in [1.165, 1.54) is 19.4 Å². The number of hydrogen-bond acceptors (Lipinski definition) is 2. The third-order valence-corrected chi connectivity index (χ3v) is 3.83. The summed E-state index contributed by atoms with van der Waals surface area (Å²) in [4.78, 5) is 2.48. The quantitative estimate of drug-likeness (QED) is 0.844. The normalized spacial score (nSPS) is 23.5. The smallest absolute Gasteiger partial charge is 0.120 e. The Morgan fingerprint density at radius 2 is 2.19 bits per heavy atom. The first-order chi connectivity index (χ1) is 7.72. The second-order valence-electron chi connectivity index (χ2n) is 4.79. The maximum Gasteiger partial charge on any atom is 0.120 e. The minimum absolute atomic E-state index is 0.331. The number of rotatable bonds is 3. The predicted octanol–water partition coefficient (Wildman–Crippen LogP) is 3.19. The van der Waals surface area contributed by atoms with Gasteiger partial charge in [0.05, 0.1) is 0 Å². The molecule has 0 aromatic heterocycles. The number of phenolic OH excluding ortho intramolecular Hbond substituents is 1. The van der Waals surface area contributed by atoms with Crippen LogP contribution in [0.2, 0.25) is 0 Å². The summed E-state index contributed by atoms with van der Waals surface area (Å²) in [6.45, 7) is 6.78. The molecule has 0 radical (unpaired) electrons. The zero-order chi connectivity index (χ0) is 11.5. The van der Waals surface area contributed by atoms with Crippen LogP contribution in [0.1, 0.15) is 38.3 Å². The Hall–Kier alpha value is -1.02. The van der Waals surface area contributed by atoms with Crippen LogP contribution in [-0.4, -0.2) is 23.1 Å². The Labute approximate surface area is 97.9 Å². The zero-order valence-corrected chi connectivity index (χ0v) is 10.2. The summed E-state index contributed by atoms with van der Waals surface area (Å²) in [5, 5.41) is 9.84. The van der Waals surface area contributed by atoms with Crippen molar-refractivity contribution in [2.24, 2.45) is 5.92 Å². The van der Waals surface area contributed by atoms with Gasteiger partial charge in [-0.05, 0) is 31.9 Å². The number of para-hydroxylation sites is 1. The third-order valence-electron chi connectivity index (χ3n) is 3.83. The molecule has 1 heterocycles. The number of benzene rings is 1. The molecule has 1 fully saturated rings. The Balaban J connectivity index is 2.08. The zero-order valence-electron chi connectivity index (χ0n) is 10.2. The molecular weight excluding hydrogens is 198 g/mol. The second kappa shape index (κ2) is 4.88. The molecule has 0 spiro atoms. The van der Waals surface area contributed by atoms with Crippen LogP contribution in [0.25, 0.3) is 0 Å². The van der Waals surface area contributed by atoms with Crippen LogP contribution in [0.5, 0.6) is 5.75 Å². The van der Waals surface area contributed by atoms with E-state index in [1.807, 2.05) is 18.2 Å². The summed E-state index contributed by atoms with van der Waals surface area (Å²) in [7, 11) is 0. The molecule has 1 aliphatic heterocycles. The molecule has 1 aromatic rings. The minimum atomic E-state index is 0.331. The number of phenols is 1. The Kier molecular flexibility index (Phi) is 3.49. The van der Waals surface area contributed by atoms with Crippen LogP contribution in [-0.2, 0) is 0 Å². The number of aromatic hydroxyl groups is 1. The van der Waals surface area contributed by atoms with Gasteiger partial charge < -0.3 is 5.11 Å². The van der Waals surface area contributed by atoms with Gasteiger partial charge in [0.1, 0.15) is 5.75 Å². The molecule has 2 unspecified atom stereocenters. The van der Waals surface area contributed by atoms with Gasteiger partial charge in [0, 0.05) is 18.2 Å². The molecule has 1 aliphatic rings. The van der Waals surface area contributed by atoms with Gasteiger partial charge in [-0.25, -0.2) is 0 Å². The first kappa shape index (κ1) is 11.5. The second-order valence-corrected chi connectivity index (χ2v) is 4.79. The van der Waals surface area contributed by atoms with Crippen molar-refractivity contribution in [3.05, 3.63) is 29.8 Å². The molecule has 2 nitrogen and oxygen atoms in total. The van der Waals surface area contributed by atoms with Gasteiger partial charge in [0.15, 0.2) is 0 Å². The molecule has 16 heavy (non-hydrogen) atoms. The van der Waals surface area contributed by atoms with Crippen molar-refractivity contribution < 1.29 is 5.11 Å². The SMILES string of the molecule is CCC1CCN(C(C)c2ccccc2O)C1. The van der Waals surface area contributed by atoms with Gasteiger partial charge in [-0.1, -0.05) is 31.5 Å². The molecule has 1 N–H and O–H groups in total. The van der Waals surface area contributed by atoms with E-state index in [2.05, 4.69) is 18.7 Å². The van der Waals surface area contributed by atoms with E-state index in [0.29, 0.717) is 11.8 Å². The highest BCUT2D eigenvalue weighted by Gasteiger charge is 2.26. The van der Waals surface area contributed by atoms with E-state index in [-0.39, 0.29) is 0 Å². The molecule has 2 rings (SSSR count). The fraction of sp³-hybridized carbons (Fsp3) is 0.571. The van der Waals surface area contributed by atoms with Gasteiger partial charge >= 0.3 is 0 Å². The third kappa shape index (κ3) is 2.22. The summed E-state index contributed by atoms with van der Waals surface area (Å²) >= 11 is 0. The molecule has 2 atom stereocenters. The van der Waals surface area contributed by atoms with Gasteiger partial charge in [0.25, 0.3) is 0 Å². The molecule has 88 valence electrons. The fourth-order valence-electron chi connectivity index (χ4n) is 2.59. The fourth-order valence-corrected chi connectivity index (χ4v) is 2.59. The Bertz CT molecular complexity index is 350. The Morgan fingerprint density at radius 3 is 2.81 bits per heavy atom. The summed E-state index contributed by atoms with van der Waals surface area (Å²) in [5.41, 5.74) is 1.05. The highest BCUT2D eigenvalue weighted by molar-refractivity contribution is 5.34. The molecule has 0 saturated carbocycles. The maximum atomic E-state index is 9.84. The summed E-state index contributed by atoms with van der Waals surface area (Å²) in [5.74, 6) is 1.27. The maximum absolute atomic E-state index is 9.84. The summed E-state index contributed by atoms with van der Waals surface area (Å²) in [6.07, 6.45) is 2.57. The van der Waals surface area contributed by atoms with E-state index in [4.69, 9.17) is 0 Å². The molecule has 0 amide bonds. The van der Waals surface area contributed by atoms with E-state index in [1.54, 1.807) is 6.07 Å². The van der Waals surface area contributed by atoms with Crippen molar-refractivity contribution in [2.75, 3.05) is 13.1 Å². The number of nitrogens with zero attached hydrogens (tertiary/aromatic N) is 1. The van der Waals surface area contributed by atoms with Crippen molar-refractivity contribution in [3.8, 4) is 5.75 Å². The predicted molar refractivity (Wildman–Crippen MR) is 66.5 cm³/mol. The van der Waals surface area contributed by atoms with E-state index in [0.717, 1.165) is 18.0 Å². The van der Waals surface area contributed by atoms with Gasteiger partial charge in [0.2, 0.25) is 0 Å². The molecular formula is C14H21NO. The van der Waals surface area contributed by atoms with Crippen LogP contribution in [0.15, 0.2) is 24.3 Å². The topological polar surface area (TPSA) is 23.5 Å². The number of hydrogen-bond donors (Lipinski definition) is 1. The highest BCUT2D eigenvalue weighted by Crippen LogP contribution is 2.32. The molecule has 1 aromatic carbocycles. The highest BCUT2D eigenvalue weighted by atomic mass is 16.3. The van der Waals surface area contributed by atoms with Crippen LogP contribution in [0.4, 0.5) is 0 Å². The summed E-state index contributed by atoms with van der Waals surface area (Å²) < 4.78 is 0. The monoisotopic (exact) mass is 219 g/mol. The first-order valence-electron chi connectivity index (χ1n) is 6.24. The van der Waals surface area contributed by atoms with Crippen LogP contribution in [0, 0.1) is 5.92 Å². The van der Waals surface area contributed by atoms with Crippen LogP contribution < -0.4 is 0 Å². The standard InChI is InChI=1S/C14H21NO/c1-3-12-8-9-15(10-12)11(2)13-6-4-5-7-14(13)16/h4-7,11-12,16H,3,8-10H2,1-2H3. The lowest BCUT2D eigenvalue weighted by molar-refractivity contribution is 0.247. The van der Waals surface area contributed by atoms with Crippen molar-refractivity contribution in [1.82, 2.24) is 4.90 Å². The van der Waals surface area contributed by atoms with Gasteiger partial charge in [-0.3, -0.25) is 4.90 Å². The molecule has 0 bridgehead atoms. The van der Waals surface area contributed by atoms with Crippen LogP contribution in [0.3, 0.4) is 0 Å². The van der Waals surface area contributed by atoms with E-state index < -0.39 is 0 Å². The van der Waals surface area contributed by atoms with E-state index in [9.17, 15) is 5.11 Å². The van der Waals surface area contributed by atoms with Crippen molar-refractivity contribution in [1.29, 1.82) is 0 Å². The van der Waals surface area contributed by atoms with E-state index >= 15 is 0 Å². The lowest BCUT2D eigenvalue weighted by Gasteiger charge is -2.25. The average molecular weight is 219 g/mol. The van der Waals surface area contributed by atoms with Gasteiger partial charge in [-0.15, -0.1) is 0 Å². The molecule has 1 saturated heterocycles. The first-order valence-corrected chi connectivity index (χ1v) is 6.24. The van der Waals surface area contributed by atoms with Gasteiger partial charge in [-0.2, -0.15) is 0 Å². The van der Waals surface area contributed by atoms with Crippen molar-refractivity contribution in [2.45, 2.75) is 32.7 Å². The minimum Gasteiger partial charge on any atom is -0.508 e. The number of likely N-dealkylation sites (tertiary alicyclic amines) is 1. The lowest BCUT2D eigenvalue weighted by atomic mass is 10.1. The Morgan fingerprint density at radius 1 is 1.44 bits per heavy atom. The largest absolute Gasteiger partial charge is 0.508 e. The molecule has 0 aliphatic carbocycles. The van der Waals surface area contributed by atoms with Crippen molar-refractivity contribution in [3.63, 3.8) is 0 Å². The van der Waals surface area contributed by atoms with Crippen LogP contribution >= 0.6 is 0 Å². The molecule has 2 heteroatoms. The average Bonchev–Trinajstić information content (AvgIpc) is 2.77. The summed E-state index contributed by atoms with van der Waals surface area (Å²) in [6, 6.07) is 8.01. The lowest BCUT2D eigenvalue weighted by Crippen LogP contribution is -2.24. The van der Waals surface area contributed by atoms with Crippen molar-refractivity contribution >= 4 is 0 Å².